The van der Waals surface area contributed by atoms with Crippen molar-refractivity contribution in [2.24, 2.45) is 5.41 Å². The highest BCUT2D eigenvalue weighted by molar-refractivity contribution is 6.33. The smallest absolute Gasteiger partial charge is 0.326 e. The van der Waals surface area contributed by atoms with E-state index in [0.717, 1.165) is 12.8 Å². The van der Waals surface area contributed by atoms with Gasteiger partial charge in [-0.05, 0) is 32.1 Å². The highest BCUT2D eigenvalue weighted by Crippen LogP contribution is 2.42. The summed E-state index contributed by atoms with van der Waals surface area (Å²) in [5.74, 6) is -0.310. The number of esters is 1. The molecule has 0 N–H and O–H groups in total. The van der Waals surface area contributed by atoms with Crippen LogP contribution in [0.25, 0.3) is 0 Å². The first-order valence-electron chi connectivity index (χ1n) is 4.61. The van der Waals surface area contributed by atoms with Gasteiger partial charge in [-0.2, -0.15) is 0 Å². The molecule has 0 bridgehead atoms. The second-order valence-electron chi connectivity index (χ2n) is 5.07. The van der Waals surface area contributed by atoms with E-state index in [0.29, 0.717) is 5.41 Å². The van der Waals surface area contributed by atoms with E-state index in [2.05, 4.69) is 13.8 Å². The largest absolute Gasteiger partial charge is 0.461 e. The molecule has 76 valence electrons. The fourth-order valence-corrected chi connectivity index (χ4v) is 1.59. The Morgan fingerprint density at radius 1 is 1.46 bits per heavy atom. The molecule has 1 aliphatic carbocycles. The molecule has 0 saturated heterocycles. The Bertz CT molecular complexity index is 207. The molecule has 2 nitrogen and oxygen atoms in total. The monoisotopic (exact) mass is 204 g/mol. The van der Waals surface area contributed by atoms with E-state index in [4.69, 9.17) is 16.3 Å². The maximum Gasteiger partial charge on any atom is 0.326 e. The minimum atomic E-state index is -0.889. The molecule has 0 atom stereocenters. The minimum absolute atomic E-state index is 0.0838. The van der Waals surface area contributed by atoms with Gasteiger partial charge in [0.15, 0.2) is 0 Å². The van der Waals surface area contributed by atoms with Gasteiger partial charge in [0.25, 0.3) is 0 Å². The summed E-state index contributed by atoms with van der Waals surface area (Å²) in [6, 6.07) is 0. The van der Waals surface area contributed by atoms with Gasteiger partial charge in [-0.15, -0.1) is 11.6 Å². The lowest BCUT2D eigenvalue weighted by atomic mass is 9.70. The van der Waals surface area contributed by atoms with Crippen molar-refractivity contribution >= 4 is 17.6 Å². The third-order valence-electron chi connectivity index (χ3n) is 2.32. The van der Waals surface area contributed by atoms with Crippen LogP contribution in [0.1, 0.15) is 40.5 Å². The lowest BCUT2D eigenvalue weighted by Gasteiger charge is -2.42. The highest BCUT2D eigenvalue weighted by atomic mass is 35.5. The minimum Gasteiger partial charge on any atom is -0.461 e. The molecule has 1 aliphatic rings. The Morgan fingerprint density at radius 2 is 1.92 bits per heavy atom. The Hall–Kier alpha value is -0.240. The summed E-state index contributed by atoms with van der Waals surface area (Å²) in [5, 5.41) is 0. The first-order chi connectivity index (χ1) is 5.71. The van der Waals surface area contributed by atoms with Crippen molar-refractivity contribution in [1.29, 1.82) is 0 Å². The molecule has 0 heterocycles. The number of halogens is 1. The van der Waals surface area contributed by atoms with Crippen LogP contribution in [-0.2, 0) is 9.53 Å². The zero-order valence-corrected chi connectivity index (χ0v) is 9.44. The van der Waals surface area contributed by atoms with Crippen LogP contribution in [0.15, 0.2) is 0 Å². The van der Waals surface area contributed by atoms with E-state index in [9.17, 15) is 4.79 Å². The van der Waals surface area contributed by atoms with Gasteiger partial charge >= 0.3 is 5.97 Å². The number of carbonyl (C=O) groups excluding carboxylic acids is 1. The van der Waals surface area contributed by atoms with E-state index >= 15 is 0 Å². The maximum atomic E-state index is 11.3. The van der Waals surface area contributed by atoms with Gasteiger partial charge in [-0.1, -0.05) is 13.8 Å². The van der Waals surface area contributed by atoms with Crippen LogP contribution < -0.4 is 0 Å². The zero-order chi connectivity index (χ0) is 10.3. The standard InChI is InChI=1S/C10H17ClO2/c1-9(2)5-7(6-9)13-8(12)10(3,4)11/h7H,5-6H2,1-4H3. The summed E-state index contributed by atoms with van der Waals surface area (Å²) in [7, 11) is 0. The van der Waals surface area contributed by atoms with Crippen LogP contribution in [0.3, 0.4) is 0 Å². The third-order valence-corrected chi connectivity index (χ3v) is 2.47. The summed E-state index contributed by atoms with van der Waals surface area (Å²) in [5.41, 5.74) is 0.335. The number of carbonyl (C=O) groups is 1. The fourth-order valence-electron chi connectivity index (χ4n) is 1.55. The maximum absolute atomic E-state index is 11.3. The summed E-state index contributed by atoms with van der Waals surface area (Å²) in [4.78, 5) is 10.4. The number of alkyl halides is 1. The van der Waals surface area contributed by atoms with Crippen LogP contribution in [0.2, 0.25) is 0 Å². The fraction of sp³-hybridized carbons (Fsp3) is 0.900. The topological polar surface area (TPSA) is 26.3 Å². The quantitative estimate of drug-likeness (QED) is 0.511. The Labute approximate surface area is 84.6 Å². The Kier molecular flexibility index (Phi) is 2.63. The van der Waals surface area contributed by atoms with Crippen molar-refractivity contribution < 1.29 is 9.53 Å². The van der Waals surface area contributed by atoms with Crippen molar-refractivity contribution in [3.63, 3.8) is 0 Å². The third kappa shape index (κ3) is 2.87. The van der Waals surface area contributed by atoms with Crippen molar-refractivity contribution in [2.75, 3.05) is 0 Å². The first-order valence-corrected chi connectivity index (χ1v) is 4.98. The molecule has 3 heteroatoms. The second kappa shape index (κ2) is 3.16. The lowest BCUT2D eigenvalue weighted by Crippen LogP contribution is -2.42. The van der Waals surface area contributed by atoms with E-state index < -0.39 is 4.87 Å². The predicted octanol–water partition coefficient (Wildman–Crippen LogP) is 2.74. The van der Waals surface area contributed by atoms with Crippen molar-refractivity contribution in [3.05, 3.63) is 0 Å². The lowest BCUT2D eigenvalue weighted by molar-refractivity contribution is -0.161. The van der Waals surface area contributed by atoms with Gasteiger partial charge in [0.2, 0.25) is 0 Å². The number of hydrogen-bond acceptors (Lipinski definition) is 2. The number of hydrogen-bond donors (Lipinski definition) is 0. The zero-order valence-electron chi connectivity index (χ0n) is 8.69. The molecule has 1 saturated carbocycles. The highest BCUT2D eigenvalue weighted by Gasteiger charge is 2.40. The molecule has 0 unspecified atom stereocenters. The van der Waals surface area contributed by atoms with Crippen LogP contribution >= 0.6 is 11.6 Å². The molecule has 0 amide bonds. The van der Waals surface area contributed by atoms with Crippen molar-refractivity contribution in [3.8, 4) is 0 Å². The molecule has 0 radical (unpaired) electrons. The van der Waals surface area contributed by atoms with Crippen molar-refractivity contribution in [1.82, 2.24) is 0 Å². The molecule has 1 rings (SSSR count). The second-order valence-corrected chi connectivity index (χ2v) is 6.02. The Morgan fingerprint density at radius 3 is 2.23 bits per heavy atom. The van der Waals surface area contributed by atoms with E-state index in [-0.39, 0.29) is 12.1 Å². The van der Waals surface area contributed by atoms with Crippen LogP contribution in [0.5, 0.6) is 0 Å². The summed E-state index contributed by atoms with van der Waals surface area (Å²) in [6.45, 7) is 7.65. The van der Waals surface area contributed by atoms with Crippen LogP contribution in [-0.4, -0.2) is 16.9 Å². The summed E-state index contributed by atoms with van der Waals surface area (Å²) < 4.78 is 5.22. The van der Waals surface area contributed by atoms with E-state index in [1.54, 1.807) is 13.8 Å². The molecule has 0 spiro atoms. The van der Waals surface area contributed by atoms with Gasteiger partial charge in [0.1, 0.15) is 11.0 Å². The van der Waals surface area contributed by atoms with Gasteiger partial charge in [-0.25, -0.2) is 0 Å². The first kappa shape index (κ1) is 10.8. The van der Waals surface area contributed by atoms with Gasteiger partial charge in [-0.3, -0.25) is 4.79 Å². The molecule has 0 aromatic heterocycles. The van der Waals surface area contributed by atoms with Crippen molar-refractivity contribution in [2.45, 2.75) is 51.5 Å². The van der Waals surface area contributed by atoms with Crippen LogP contribution in [0, 0.1) is 5.41 Å². The molecular weight excluding hydrogens is 188 g/mol. The number of ether oxygens (including phenoxy) is 1. The SMILES string of the molecule is CC1(C)CC(OC(=O)C(C)(C)Cl)C1. The average Bonchev–Trinajstić information content (AvgIpc) is 1.80. The molecule has 0 aliphatic heterocycles. The molecular formula is C10H17ClO2. The molecule has 0 aromatic rings. The van der Waals surface area contributed by atoms with Gasteiger partial charge < -0.3 is 4.74 Å². The predicted molar refractivity (Wildman–Crippen MR) is 52.8 cm³/mol. The van der Waals surface area contributed by atoms with Crippen LogP contribution in [0.4, 0.5) is 0 Å². The van der Waals surface area contributed by atoms with Gasteiger partial charge in [0, 0.05) is 0 Å². The van der Waals surface area contributed by atoms with Gasteiger partial charge in [0.05, 0.1) is 0 Å². The molecule has 13 heavy (non-hydrogen) atoms. The summed E-state index contributed by atoms with van der Waals surface area (Å²) in [6.07, 6.45) is 1.98. The average molecular weight is 205 g/mol. The molecule has 0 aromatic carbocycles. The normalized spacial score (nSPS) is 22.2. The van der Waals surface area contributed by atoms with E-state index in [1.165, 1.54) is 0 Å². The van der Waals surface area contributed by atoms with E-state index in [1.807, 2.05) is 0 Å². The summed E-state index contributed by atoms with van der Waals surface area (Å²) >= 11 is 5.81. The molecule has 1 fully saturated rings. The Balaban J connectivity index is 2.33. The number of rotatable bonds is 2.